The average Bonchev–Trinajstić information content (AvgIpc) is 4.21. The molecular formula is C77H56N6. The van der Waals surface area contributed by atoms with Crippen LogP contribution in [-0.4, -0.2) is 28.7 Å². The van der Waals surface area contributed by atoms with Crippen LogP contribution in [0.15, 0.2) is 267 Å². The van der Waals surface area contributed by atoms with Gasteiger partial charge in [0, 0.05) is 33.6 Å². The van der Waals surface area contributed by atoms with Crippen molar-refractivity contribution in [2.75, 3.05) is 0 Å². The predicted molar refractivity (Wildman–Crippen MR) is 344 cm³/mol. The van der Waals surface area contributed by atoms with Crippen molar-refractivity contribution >= 4 is 77.1 Å². The van der Waals surface area contributed by atoms with Crippen molar-refractivity contribution in [3.8, 4) is 50.7 Å². The standard InChI is InChI=1S/C77H56N6/c1-76(2,3)77(75-80-65-38-19-22-41-68(65)83(75)58-32-11-6-12-33-58)48-61-70(55-45-43-51-25-14-16-27-53(51)47-55)71-59(34-23-35-60(71)73-78-63-36-17-20-39-66(63)81(73)56-28-7-4-8-29-56)69(54-44-42-50-24-13-15-26-52(50)46-54)72(61)62(49-77)74-79-64-37-18-21-40-67(64)82(74)57-30-9-5-10-31-57/h4-48H,49H2,1-3H3. The molecule has 0 bridgehead atoms. The summed E-state index contributed by atoms with van der Waals surface area (Å²) in [6, 6.07) is 96.7. The first-order valence-electron chi connectivity index (χ1n) is 28.7. The quantitative estimate of drug-likeness (QED) is 0.152. The van der Waals surface area contributed by atoms with E-state index in [0.717, 1.165) is 122 Å². The topological polar surface area (TPSA) is 53.5 Å². The van der Waals surface area contributed by atoms with Crippen molar-refractivity contribution in [2.24, 2.45) is 5.41 Å². The van der Waals surface area contributed by atoms with Crippen molar-refractivity contribution in [1.82, 2.24) is 28.7 Å². The molecule has 6 nitrogen and oxygen atoms in total. The van der Waals surface area contributed by atoms with Gasteiger partial charge in [-0.05, 0) is 156 Å². The molecule has 1 atom stereocenters. The third kappa shape index (κ3) is 7.59. The van der Waals surface area contributed by atoms with Crippen LogP contribution in [0.2, 0.25) is 0 Å². The number of hydrogen-bond acceptors (Lipinski definition) is 3. The highest BCUT2D eigenvalue weighted by atomic mass is 15.1. The second-order valence-corrected chi connectivity index (χ2v) is 23.2. The third-order valence-electron chi connectivity index (χ3n) is 17.6. The molecule has 0 saturated carbocycles. The third-order valence-corrected chi connectivity index (χ3v) is 17.6. The van der Waals surface area contributed by atoms with Gasteiger partial charge in [0.25, 0.3) is 0 Å². The minimum Gasteiger partial charge on any atom is -0.296 e. The van der Waals surface area contributed by atoms with Crippen molar-refractivity contribution in [3.63, 3.8) is 0 Å². The molecule has 15 aromatic rings. The largest absolute Gasteiger partial charge is 0.296 e. The second-order valence-electron chi connectivity index (χ2n) is 23.2. The van der Waals surface area contributed by atoms with Gasteiger partial charge < -0.3 is 0 Å². The van der Waals surface area contributed by atoms with Crippen molar-refractivity contribution in [3.05, 3.63) is 289 Å². The normalized spacial score (nSPS) is 14.5. The van der Waals surface area contributed by atoms with Crippen LogP contribution in [0.25, 0.3) is 128 Å². The Kier molecular flexibility index (Phi) is 11.0. The van der Waals surface area contributed by atoms with Crippen LogP contribution in [0.3, 0.4) is 0 Å². The fourth-order valence-electron chi connectivity index (χ4n) is 13.6. The summed E-state index contributed by atoms with van der Waals surface area (Å²) < 4.78 is 7.21. The molecule has 0 saturated heterocycles. The second kappa shape index (κ2) is 18.8. The Labute approximate surface area is 480 Å². The highest BCUT2D eigenvalue weighted by Crippen LogP contribution is 2.52. The van der Waals surface area contributed by atoms with E-state index in [0.29, 0.717) is 6.42 Å². The van der Waals surface area contributed by atoms with Crippen LogP contribution in [0.5, 0.6) is 0 Å². The molecular weight excluding hydrogens is 1010 g/mol. The summed E-state index contributed by atoms with van der Waals surface area (Å²) in [5.74, 6) is 2.74. The summed E-state index contributed by atoms with van der Waals surface area (Å²) >= 11 is 0. The van der Waals surface area contributed by atoms with E-state index in [1.165, 1.54) is 21.5 Å². The van der Waals surface area contributed by atoms with Crippen LogP contribution < -0.4 is 10.4 Å². The van der Waals surface area contributed by atoms with Gasteiger partial charge in [0.2, 0.25) is 0 Å². The molecule has 1 unspecified atom stereocenters. The zero-order valence-electron chi connectivity index (χ0n) is 46.4. The highest BCUT2D eigenvalue weighted by molar-refractivity contribution is 6.14. The van der Waals surface area contributed by atoms with Crippen LogP contribution in [0.4, 0.5) is 0 Å². The van der Waals surface area contributed by atoms with E-state index in [1.54, 1.807) is 0 Å². The summed E-state index contributed by atoms with van der Waals surface area (Å²) in [6.07, 6.45) is 3.23. The molecule has 1 aliphatic carbocycles. The van der Waals surface area contributed by atoms with E-state index >= 15 is 0 Å². The maximum absolute atomic E-state index is 5.91. The molecule has 3 heterocycles. The highest BCUT2D eigenvalue weighted by Gasteiger charge is 2.49. The lowest BCUT2D eigenvalue weighted by Gasteiger charge is -2.45. The zero-order valence-corrected chi connectivity index (χ0v) is 46.4. The maximum atomic E-state index is 5.91. The van der Waals surface area contributed by atoms with Crippen molar-refractivity contribution < 1.29 is 0 Å². The lowest BCUT2D eigenvalue weighted by Crippen LogP contribution is -2.49. The van der Waals surface area contributed by atoms with Crippen LogP contribution >= 0.6 is 0 Å². The Morgan fingerprint density at radius 3 is 1.39 bits per heavy atom. The minimum absolute atomic E-state index is 0.465. The van der Waals surface area contributed by atoms with E-state index in [-0.39, 0.29) is 0 Å². The van der Waals surface area contributed by atoms with Gasteiger partial charge in [0.15, 0.2) is 0 Å². The molecule has 0 amide bonds. The molecule has 6 heteroatoms. The van der Waals surface area contributed by atoms with Crippen LogP contribution in [0, 0.1) is 5.41 Å². The van der Waals surface area contributed by atoms with Gasteiger partial charge in [-0.2, -0.15) is 0 Å². The van der Waals surface area contributed by atoms with Crippen LogP contribution in [0.1, 0.15) is 38.8 Å². The summed E-state index contributed by atoms with van der Waals surface area (Å²) in [6.45, 7) is 7.24. The van der Waals surface area contributed by atoms with E-state index in [9.17, 15) is 0 Å². The SMILES string of the molecule is CC(C)(C)C1(c2nc3ccccc3n2-c2ccccc2)C=c2c(-c3ccc4ccccc4c3)c3c(-c4nc5ccccc5n4-c4ccccc4)cccc3c(-c3ccc4ccccc4c3)c2=C(c2nc3ccccc3n2-c2ccccc2)C1. The molecule has 0 N–H and O–H groups in total. The molecule has 83 heavy (non-hydrogen) atoms. The van der Waals surface area contributed by atoms with E-state index < -0.39 is 10.8 Å². The molecule has 0 aliphatic heterocycles. The van der Waals surface area contributed by atoms with E-state index in [2.05, 4.69) is 307 Å². The zero-order chi connectivity index (χ0) is 55.4. The molecule has 0 spiro atoms. The fraction of sp³-hybridized carbons (Fsp3) is 0.0779. The first kappa shape index (κ1) is 48.5. The maximum Gasteiger partial charge on any atom is 0.146 e. The monoisotopic (exact) mass is 1060 g/mol. The fourth-order valence-corrected chi connectivity index (χ4v) is 13.6. The molecule has 0 fully saturated rings. The van der Waals surface area contributed by atoms with Gasteiger partial charge in [0.05, 0.1) is 38.5 Å². The molecule has 394 valence electrons. The Morgan fingerprint density at radius 2 is 0.831 bits per heavy atom. The van der Waals surface area contributed by atoms with Crippen molar-refractivity contribution in [1.29, 1.82) is 0 Å². The summed E-state index contributed by atoms with van der Waals surface area (Å²) in [4.78, 5) is 17.5. The van der Waals surface area contributed by atoms with Crippen molar-refractivity contribution in [2.45, 2.75) is 32.6 Å². The van der Waals surface area contributed by atoms with Gasteiger partial charge in [0.1, 0.15) is 17.5 Å². The predicted octanol–water partition coefficient (Wildman–Crippen LogP) is 17.5. The number of imidazole rings is 3. The van der Waals surface area contributed by atoms with Gasteiger partial charge in [-0.25, -0.2) is 15.0 Å². The van der Waals surface area contributed by atoms with Crippen LogP contribution in [-0.2, 0) is 5.41 Å². The Bertz CT molecular complexity index is 5220. The summed E-state index contributed by atoms with van der Waals surface area (Å²) in [7, 11) is 0. The van der Waals surface area contributed by atoms with Gasteiger partial charge >= 0.3 is 0 Å². The Balaban J connectivity index is 1.20. The smallest absolute Gasteiger partial charge is 0.146 e. The summed E-state index contributed by atoms with van der Waals surface area (Å²) in [5, 5.41) is 9.23. The van der Waals surface area contributed by atoms with E-state index in [1.807, 2.05) is 0 Å². The molecule has 12 aromatic carbocycles. The van der Waals surface area contributed by atoms with Gasteiger partial charge in [-0.15, -0.1) is 0 Å². The number of rotatable bonds is 8. The number of fused-ring (bicyclic) bond motifs is 7. The first-order valence-corrected chi connectivity index (χ1v) is 28.7. The lowest BCUT2D eigenvalue weighted by molar-refractivity contribution is 0.243. The number of hydrogen-bond donors (Lipinski definition) is 0. The molecule has 1 aliphatic rings. The molecule has 0 radical (unpaired) electrons. The van der Waals surface area contributed by atoms with Gasteiger partial charge in [-0.1, -0.05) is 209 Å². The lowest BCUT2D eigenvalue weighted by atomic mass is 9.60. The Hall–Kier alpha value is -10.4. The van der Waals surface area contributed by atoms with Gasteiger partial charge in [-0.3, -0.25) is 13.7 Å². The first-order chi connectivity index (χ1) is 40.8. The minimum atomic E-state index is -0.796. The average molecular weight is 1070 g/mol. The molecule has 3 aromatic heterocycles. The number of aromatic nitrogens is 6. The Morgan fingerprint density at radius 1 is 0.386 bits per heavy atom. The number of benzene rings is 12. The summed E-state index contributed by atoms with van der Waals surface area (Å²) in [5.41, 5.74) is 14.5. The molecule has 16 rings (SSSR count). The van der Waals surface area contributed by atoms with E-state index in [4.69, 9.17) is 15.0 Å². The number of nitrogens with zero attached hydrogens (tertiary/aromatic N) is 6. The number of para-hydroxylation sites is 9.